The van der Waals surface area contributed by atoms with Gasteiger partial charge in [-0.1, -0.05) is 0 Å². The summed E-state index contributed by atoms with van der Waals surface area (Å²) >= 11 is 1.43. The third-order valence-electron chi connectivity index (χ3n) is 1.30. The summed E-state index contributed by atoms with van der Waals surface area (Å²) in [5, 5.41) is 12.9. The van der Waals surface area contributed by atoms with Crippen LogP contribution in [0.2, 0.25) is 0 Å². The lowest BCUT2D eigenvalue weighted by Crippen LogP contribution is -1.91. The topological polar surface area (TPSA) is 63.5 Å². The van der Waals surface area contributed by atoms with E-state index >= 15 is 0 Å². The molecule has 2 heterocycles. The van der Waals surface area contributed by atoms with Crippen molar-refractivity contribution < 1.29 is 5.11 Å². The quantitative estimate of drug-likeness (QED) is 0.588. The van der Waals surface area contributed by atoms with Gasteiger partial charge in [0.25, 0.3) is 0 Å². The standard InChI is InChI=1S/C5H5N3OS/c6-5-3(9)1-4-8(5)7-2-10-4/h1-2,9H,6H2. The number of nitrogens with zero attached hydrogens (tertiary/aromatic N) is 2. The molecular weight excluding hydrogens is 150 g/mol. The highest BCUT2D eigenvalue weighted by molar-refractivity contribution is 7.15. The molecule has 0 amide bonds. The fraction of sp³-hybridized carbons (Fsp3) is 0. The Bertz CT molecular complexity index is 364. The van der Waals surface area contributed by atoms with Crippen LogP contribution in [0.5, 0.6) is 5.75 Å². The molecule has 0 atom stereocenters. The molecule has 0 saturated carbocycles. The highest BCUT2D eigenvalue weighted by Crippen LogP contribution is 2.26. The summed E-state index contributed by atoms with van der Waals surface area (Å²) in [7, 11) is 0. The van der Waals surface area contributed by atoms with Gasteiger partial charge in [-0.2, -0.15) is 5.10 Å². The van der Waals surface area contributed by atoms with Crippen molar-refractivity contribution in [2.75, 3.05) is 5.73 Å². The lowest BCUT2D eigenvalue weighted by Gasteiger charge is -1.86. The zero-order valence-electron chi connectivity index (χ0n) is 4.98. The zero-order valence-corrected chi connectivity index (χ0v) is 5.80. The van der Waals surface area contributed by atoms with Gasteiger partial charge in [0.05, 0.1) is 0 Å². The number of nitrogens with two attached hydrogens (primary N) is 1. The average molecular weight is 155 g/mol. The summed E-state index contributed by atoms with van der Waals surface area (Å²) in [5.41, 5.74) is 7.11. The predicted octanol–water partition coefficient (Wildman–Crippen LogP) is 0.684. The van der Waals surface area contributed by atoms with E-state index in [4.69, 9.17) is 10.8 Å². The fourth-order valence-corrected chi connectivity index (χ4v) is 1.48. The van der Waals surface area contributed by atoms with Crippen LogP contribution in [-0.2, 0) is 0 Å². The Morgan fingerprint density at radius 2 is 2.50 bits per heavy atom. The summed E-state index contributed by atoms with van der Waals surface area (Å²) in [6, 6.07) is 1.59. The van der Waals surface area contributed by atoms with Gasteiger partial charge in [0.2, 0.25) is 0 Å². The maximum atomic E-state index is 9.05. The Labute approximate surface area is 60.5 Å². The molecule has 0 saturated heterocycles. The van der Waals surface area contributed by atoms with Crippen LogP contribution in [0.1, 0.15) is 0 Å². The van der Waals surface area contributed by atoms with Crippen LogP contribution in [0.25, 0.3) is 4.83 Å². The first-order valence-corrected chi connectivity index (χ1v) is 3.56. The highest BCUT2D eigenvalue weighted by atomic mass is 32.1. The van der Waals surface area contributed by atoms with E-state index < -0.39 is 0 Å². The molecule has 0 spiro atoms. The van der Waals surface area contributed by atoms with Crippen molar-refractivity contribution >= 4 is 22.0 Å². The van der Waals surface area contributed by atoms with Crippen molar-refractivity contribution in [2.45, 2.75) is 0 Å². The van der Waals surface area contributed by atoms with Gasteiger partial charge in [-0.25, -0.2) is 4.52 Å². The lowest BCUT2D eigenvalue weighted by molar-refractivity contribution is 0.478. The second kappa shape index (κ2) is 1.63. The molecular formula is C5H5N3OS. The number of aromatic hydroxyl groups is 1. The van der Waals surface area contributed by atoms with Crippen molar-refractivity contribution in [2.24, 2.45) is 0 Å². The molecule has 0 aliphatic rings. The first-order chi connectivity index (χ1) is 4.79. The molecule has 2 rings (SSSR count). The van der Waals surface area contributed by atoms with Gasteiger partial charge in [-0.05, 0) is 0 Å². The summed E-state index contributed by atoms with van der Waals surface area (Å²) < 4.78 is 1.50. The third-order valence-corrected chi connectivity index (χ3v) is 2.03. The summed E-state index contributed by atoms with van der Waals surface area (Å²) in [5.74, 6) is 0.399. The van der Waals surface area contributed by atoms with E-state index in [2.05, 4.69) is 5.10 Å². The monoisotopic (exact) mass is 155 g/mol. The van der Waals surface area contributed by atoms with E-state index in [1.807, 2.05) is 0 Å². The summed E-state index contributed by atoms with van der Waals surface area (Å²) in [6.07, 6.45) is 0. The molecule has 10 heavy (non-hydrogen) atoms. The number of hydrogen-bond donors (Lipinski definition) is 2. The van der Waals surface area contributed by atoms with Crippen molar-refractivity contribution in [3.05, 3.63) is 11.6 Å². The van der Waals surface area contributed by atoms with Crippen LogP contribution < -0.4 is 5.73 Å². The second-order valence-corrected chi connectivity index (χ2v) is 2.77. The maximum Gasteiger partial charge on any atom is 0.168 e. The van der Waals surface area contributed by atoms with E-state index in [1.165, 1.54) is 15.9 Å². The Balaban J connectivity index is 2.95. The fourth-order valence-electron chi connectivity index (χ4n) is 0.807. The van der Waals surface area contributed by atoms with E-state index in [-0.39, 0.29) is 5.75 Å². The molecule has 0 aliphatic heterocycles. The molecule has 0 fully saturated rings. The highest BCUT2D eigenvalue weighted by Gasteiger charge is 2.05. The van der Waals surface area contributed by atoms with Gasteiger partial charge in [0.15, 0.2) is 11.6 Å². The van der Waals surface area contributed by atoms with Gasteiger partial charge in [-0.15, -0.1) is 11.3 Å². The number of rotatable bonds is 0. The molecule has 2 aromatic heterocycles. The van der Waals surface area contributed by atoms with Gasteiger partial charge in [0.1, 0.15) is 10.3 Å². The lowest BCUT2D eigenvalue weighted by atomic mass is 10.6. The largest absolute Gasteiger partial charge is 0.504 e. The van der Waals surface area contributed by atoms with Gasteiger partial charge >= 0.3 is 0 Å². The Morgan fingerprint density at radius 1 is 1.70 bits per heavy atom. The number of nitrogen functional groups attached to an aromatic ring is 1. The number of aromatic nitrogens is 2. The molecule has 4 nitrogen and oxygen atoms in total. The summed E-state index contributed by atoms with van der Waals surface area (Å²) in [6.45, 7) is 0. The molecule has 2 aromatic rings. The molecule has 0 aliphatic carbocycles. The smallest absolute Gasteiger partial charge is 0.168 e. The van der Waals surface area contributed by atoms with Crippen molar-refractivity contribution in [3.63, 3.8) is 0 Å². The van der Waals surface area contributed by atoms with Crippen molar-refractivity contribution in [1.82, 2.24) is 9.61 Å². The first-order valence-electron chi connectivity index (χ1n) is 2.68. The van der Waals surface area contributed by atoms with Gasteiger partial charge in [0, 0.05) is 6.07 Å². The Hall–Kier alpha value is -1.23. The average Bonchev–Trinajstić information content (AvgIpc) is 2.41. The molecule has 3 N–H and O–H groups in total. The molecule has 0 radical (unpaired) electrons. The Morgan fingerprint density at radius 3 is 3.20 bits per heavy atom. The third kappa shape index (κ3) is 0.522. The predicted molar refractivity (Wildman–Crippen MR) is 39.1 cm³/mol. The SMILES string of the molecule is Nc1c(O)cc2scnn12. The van der Waals surface area contributed by atoms with Crippen LogP contribution in [-0.4, -0.2) is 14.7 Å². The van der Waals surface area contributed by atoms with Crippen LogP contribution in [0.3, 0.4) is 0 Å². The number of fused-ring (bicyclic) bond motifs is 1. The van der Waals surface area contributed by atoms with Crippen LogP contribution in [0.15, 0.2) is 11.6 Å². The minimum absolute atomic E-state index is 0.0966. The molecule has 0 bridgehead atoms. The van der Waals surface area contributed by atoms with Crippen LogP contribution >= 0.6 is 11.3 Å². The zero-order chi connectivity index (χ0) is 7.14. The van der Waals surface area contributed by atoms with Gasteiger partial charge in [-0.3, -0.25) is 0 Å². The minimum Gasteiger partial charge on any atom is -0.504 e. The van der Waals surface area contributed by atoms with Crippen molar-refractivity contribution in [1.29, 1.82) is 0 Å². The minimum atomic E-state index is 0.0966. The molecule has 5 heteroatoms. The van der Waals surface area contributed by atoms with E-state index in [9.17, 15) is 0 Å². The van der Waals surface area contributed by atoms with Gasteiger partial charge < -0.3 is 10.8 Å². The van der Waals surface area contributed by atoms with E-state index in [1.54, 1.807) is 11.6 Å². The molecule has 52 valence electrons. The first kappa shape index (κ1) is 5.55. The summed E-state index contributed by atoms with van der Waals surface area (Å²) in [4.78, 5) is 0.856. The maximum absolute atomic E-state index is 9.05. The second-order valence-electron chi connectivity index (χ2n) is 1.90. The normalized spacial score (nSPS) is 10.8. The molecule has 0 aromatic carbocycles. The van der Waals surface area contributed by atoms with E-state index in [0.29, 0.717) is 5.82 Å². The van der Waals surface area contributed by atoms with Crippen LogP contribution in [0, 0.1) is 0 Å². The molecule has 0 unspecified atom stereocenters. The van der Waals surface area contributed by atoms with Crippen molar-refractivity contribution in [3.8, 4) is 5.75 Å². The number of hydrogen-bond acceptors (Lipinski definition) is 4. The number of anilines is 1. The van der Waals surface area contributed by atoms with Crippen LogP contribution in [0.4, 0.5) is 5.82 Å². The van der Waals surface area contributed by atoms with E-state index in [0.717, 1.165) is 4.83 Å². The Kier molecular flexibility index (Phi) is 0.906.